The average Bonchev–Trinajstić information content (AvgIpc) is 3.23. The highest BCUT2D eigenvalue weighted by molar-refractivity contribution is 5.95. The zero-order valence-corrected chi connectivity index (χ0v) is 14.7. The van der Waals surface area contributed by atoms with Crippen molar-refractivity contribution in [2.24, 2.45) is 5.92 Å². The Morgan fingerprint density at radius 2 is 2.25 bits per heavy atom. The van der Waals surface area contributed by atoms with Crippen molar-refractivity contribution >= 4 is 5.91 Å². The van der Waals surface area contributed by atoms with Crippen LogP contribution < -0.4 is 0 Å². The van der Waals surface area contributed by atoms with Crippen LogP contribution in [0.4, 0.5) is 0 Å². The van der Waals surface area contributed by atoms with E-state index in [0.29, 0.717) is 24.5 Å². The molecule has 5 nitrogen and oxygen atoms in total. The molecule has 132 valence electrons. The minimum atomic E-state index is -0.213. The van der Waals surface area contributed by atoms with E-state index in [0.717, 1.165) is 44.1 Å². The van der Waals surface area contributed by atoms with Crippen molar-refractivity contribution in [3.8, 4) is 0 Å². The van der Waals surface area contributed by atoms with Crippen LogP contribution in [-0.2, 0) is 9.47 Å². The summed E-state index contributed by atoms with van der Waals surface area (Å²) in [6.45, 7) is 6.73. The number of piperidine rings is 1. The van der Waals surface area contributed by atoms with Crippen molar-refractivity contribution in [3.05, 3.63) is 23.2 Å². The van der Waals surface area contributed by atoms with Gasteiger partial charge < -0.3 is 18.8 Å². The molecule has 0 bridgehead atoms. The van der Waals surface area contributed by atoms with Crippen LogP contribution in [0, 0.1) is 19.8 Å². The zero-order valence-electron chi connectivity index (χ0n) is 14.7. The molecule has 24 heavy (non-hydrogen) atoms. The van der Waals surface area contributed by atoms with Crippen LogP contribution >= 0.6 is 0 Å². The smallest absolute Gasteiger partial charge is 0.257 e. The third-order valence-electron chi connectivity index (χ3n) is 5.54. The standard InChI is InChI=1S/C19H27NO4/c1-13-8-17(14(2)24-13)18(21)20-7-3-6-19(12-20)9-16(11-23-19)22-10-15-4-5-15/h8,15-16H,3-7,9-12H2,1-2H3/t16-,19+/m1/s1. The average molecular weight is 333 g/mol. The Bertz CT molecular complexity index is 621. The molecule has 2 saturated heterocycles. The SMILES string of the molecule is Cc1cc(C(=O)N2CCC[C@]3(C[C@@H](OCC4CC4)CO3)C2)c(C)o1. The van der Waals surface area contributed by atoms with Crippen molar-refractivity contribution < 1.29 is 18.7 Å². The number of hydrogen-bond acceptors (Lipinski definition) is 4. The van der Waals surface area contributed by atoms with Crippen LogP contribution in [0.25, 0.3) is 0 Å². The fourth-order valence-corrected chi connectivity index (χ4v) is 4.04. The van der Waals surface area contributed by atoms with Gasteiger partial charge in [-0.2, -0.15) is 0 Å². The summed E-state index contributed by atoms with van der Waals surface area (Å²) in [4.78, 5) is 14.8. The third-order valence-corrected chi connectivity index (χ3v) is 5.54. The fraction of sp³-hybridized carbons (Fsp3) is 0.737. The van der Waals surface area contributed by atoms with Gasteiger partial charge in [0.15, 0.2) is 0 Å². The molecule has 0 unspecified atom stereocenters. The second kappa shape index (κ2) is 6.19. The molecule has 2 aliphatic heterocycles. The molecule has 0 N–H and O–H groups in total. The molecule has 3 aliphatic rings. The van der Waals surface area contributed by atoms with Crippen molar-refractivity contribution in [3.63, 3.8) is 0 Å². The van der Waals surface area contributed by atoms with Crippen LogP contribution in [0.1, 0.15) is 54.0 Å². The summed E-state index contributed by atoms with van der Waals surface area (Å²) in [7, 11) is 0. The van der Waals surface area contributed by atoms with E-state index < -0.39 is 0 Å². The predicted molar refractivity (Wildman–Crippen MR) is 89.1 cm³/mol. The molecule has 5 heteroatoms. The molecule has 0 radical (unpaired) electrons. The molecule has 3 fully saturated rings. The molecule has 2 atom stereocenters. The Hall–Kier alpha value is -1.33. The zero-order chi connectivity index (χ0) is 16.7. The first-order valence-corrected chi connectivity index (χ1v) is 9.16. The topological polar surface area (TPSA) is 51.9 Å². The number of nitrogens with zero attached hydrogens (tertiary/aromatic N) is 1. The molecular formula is C19H27NO4. The maximum absolute atomic E-state index is 12.9. The second-order valence-electron chi connectivity index (χ2n) is 7.75. The molecule has 1 aliphatic carbocycles. The summed E-state index contributed by atoms with van der Waals surface area (Å²) in [6.07, 6.45) is 5.72. The highest BCUT2D eigenvalue weighted by Gasteiger charge is 2.45. The first-order chi connectivity index (χ1) is 11.5. The van der Waals surface area contributed by atoms with Gasteiger partial charge in [0, 0.05) is 19.6 Å². The molecule has 1 aromatic heterocycles. The number of furan rings is 1. The Labute approximate surface area is 143 Å². The van der Waals surface area contributed by atoms with Gasteiger partial charge in [-0.05, 0) is 51.5 Å². The second-order valence-corrected chi connectivity index (χ2v) is 7.75. The maximum Gasteiger partial charge on any atom is 0.257 e. The number of carbonyl (C=O) groups is 1. The van der Waals surface area contributed by atoms with E-state index in [4.69, 9.17) is 13.9 Å². The first-order valence-electron chi connectivity index (χ1n) is 9.16. The quantitative estimate of drug-likeness (QED) is 0.850. The lowest BCUT2D eigenvalue weighted by molar-refractivity contribution is -0.0465. The van der Waals surface area contributed by atoms with E-state index >= 15 is 0 Å². The van der Waals surface area contributed by atoms with Crippen LogP contribution in [0.15, 0.2) is 10.5 Å². The van der Waals surface area contributed by atoms with Gasteiger partial charge in [-0.15, -0.1) is 0 Å². The lowest BCUT2D eigenvalue weighted by atomic mass is 9.89. The van der Waals surface area contributed by atoms with Gasteiger partial charge in [0.2, 0.25) is 0 Å². The summed E-state index contributed by atoms with van der Waals surface area (Å²) in [5, 5.41) is 0. The van der Waals surface area contributed by atoms with E-state index in [-0.39, 0.29) is 17.6 Å². The van der Waals surface area contributed by atoms with E-state index in [9.17, 15) is 4.79 Å². The van der Waals surface area contributed by atoms with Crippen LogP contribution in [0.5, 0.6) is 0 Å². The third kappa shape index (κ3) is 3.24. The maximum atomic E-state index is 12.9. The number of carbonyl (C=O) groups excluding carboxylic acids is 1. The summed E-state index contributed by atoms with van der Waals surface area (Å²) in [5.41, 5.74) is 0.471. The van der Waals surface area contributed by atoms with Gasteiger partial charge in [-0.1, -0.05) is 0 Å². The molecule has 0 aromatic carbocycles. The van der Waals surface area contributed by atoms with Crippen molar-refractivity contribution in [2.75, 3.05) is 26.3 Å². The molecule has 1 spiro atoms. The largest absolute Gasteiger partial charge is 0.466 e. The van der Waals surface area contributed by atoms with Gasteiger partial charge in [0.1, 0.15) is 11.5 Å². The Kier molecular flexibility index (Phi) is 4.17. The summed E-state index contributed by atoms with van der Waals surface area (Å²) in [5.74, 6) is 2.33. The summed E-state index contributed by atoms with van der Waals surface area (Å²) < 4.78 is 17.7. The number of amides is 1. The first kappa shape index (κ1) is 16.2. The molecule has 1 aromatic rings. The van der Waals surface area contributed by atoms with Crippen LogP contribution in [0.2, 0.25) is 0 Å². The number of hydrogen-bond donors (Lipinski definition) is 0. The van der Waals surface area contributed by atoms with Gasteiger partial charge in [0.25, 0.3) is 5.91 Å². The minimum absolute atomic E-state index is 0.0642. The number of likely N-dealkylation sites (tertiary alicyclic amines) is 1. The number of aryl methyl sites for hydroxylation is 2. The highest BCUT2D eigenvalue weighted by atomic mass is 16.6. The van der Waals surface area contributed by atoms with Crippen molar-refractivity contribution in [1.29, 1.82) is 0 Å². The monoisotopic (exact) mass is 333 g/mol. The van der Waals surface area contributed by atoms with Crippen LogP contribution in [0.3, 0.4) is 0 Å². The summed E-state index contributed by atoms with van der Waals surface area (Å²) in [6, 6.07) is 1.84. The number of ether oxygens (including phenoxy) is 2. The summed E-state index contributed by atoms with van der Waals surface area (Å²) >= 11 is 0. The molecular weight excluding hydrogens is 306 g/mol. The molecule has 1 amide bonds. The fourth-order valence-electron chi connectivity index (χ4n) is 4.04. The van der Waals surface area contributed by atoms with Crippen LogP contribution in [-0.4, -0.2) is 48.8 Å². The van der Waals surface area contributed by atoms with Gasteiger partial charge >= 0.3 is 0 Å². The Morgan fingerprint density at radius 3 is 2.96 bits per heavy atom. The van der Waals surface area contributed by atoms with Gasteiger partial charge in [0.05, 0.1) is 30.4 Å². The van der Waals surface area contributed by atoms with Gasteiger partial charge in [-0.3, -0.25) is 4.79 Å². The van der Waals surface area contributed by atoms with E-state index in [1.165, 1.54) is 12.8 Å². The highest BCUT2D eigenvalue weighted by Crippen LogP contribution is 2.37. The minimum Gasteiger partial charge on any atom is -0.466 e. The predicted octanol–water partition coefficient (Wildman–Crippen LogP) is 3.09. The lowest BCUT2D eigenvalue weighted by Crippen LogP contribution is -2.50. The van der Waals surface area contributed by atoms with Crippen molar-refractivity contribution in [2.45, 2.75) is 57.7 Å². The molecule has 3 heterocycles. The molecule has 4 rings (SSSR count). The van der Waals surface area contributed by atoms with Gasteiger partial charge in [-0.25, -0.2) is 0 Å². The van der Waals surface area contributed by atoms with E-state index in [1.807, 2.05) is 24.8 Å². The lowest BCUT2D eigenvalue weighted by Gasteiger charge is -2.39. The Morgan fingerprint density at radius 1 is 1.42 bits per heavy atom. The number of rotatable bonds is 4. The Balaban J connectivity index is 1.40. The van der Waals surface area contributed by atoms with Crippen molar-refractivity contribution in [1.82, 2.24) is 4.90 Å². The normalized spacial score (nSPS) is 30.2. The molecule has 1 saturated carbocycles. The van der Waals surface area contributed by atoms with E-state index in [2.05, 4.69) is 0 Å². The van der Waals surface area contributed by atoms with E-state index in [1.54, 1.807) is 0 Å².